The average molecular weight is 234 g/mol. The Morgan fingerprint density at radius 1 is 1.25 bits per heavy atom. The molecule has 0 aliphatic heterocycles. The molecule has 0 atom stereocenters. The standard InChI is InChI=1S/C12H14N2OS/c1-7-6-10(13)4-5-11(7)15-12-14-8(2)9(3)16-12/h4-6H,13H2,1-3H3. The first-order chi connectivity index (χ1) is 7.56. The number of ether oxygens (including phenoxy) is 1. The fourth-order valence-corrected chi connectivity index (χ4v) is 2.14. The van der Waals surface area contributed by atoms with Crippen molar-refractivity contribution in [1.82, 2.24) is 4.98 Å². The first-order valence-corrected chi connectivity index (χ1v) is 5.86. The Balaban J connectivity index is 2.27. The Morgan fingerprint density at radius 3 is 2.56 bits per heavy atom. The molecule has 0 radical (unpaired) electrons. The van der Waals surface area contributed by atoms with E-state index in [-0.39, 0.29) is 0 Å². The van der Waals surface area contributed by atoms with E-state index in [9.17, 15) is 0 Å². The molecule has 2 aromatic rings. The Morgan fingerprint density at radius 2 is 2.00 bits per heavy atom. The van der Waals surface area contributed by atoms with Crippen molar-refractivity contribution >= 4 is 17.0 Å². The smallest absolute Gasteiger partial charge is 0.279 e. The summed E-state index contributed by atoms with van der Waals surface area (Å²) in [5.74, 6) is 0.808. The van der Waals surface area contributed by atoms with Crippen molar-refractivity contribution in [1.29, 1.82) is 0 Å². The molecule has 0 bridgehead atoms. The van der Waals surface area contributed by atoms with Gasteiger partial charge >= 0.3 is 0 Å². The molecule has 16 heavy (non-hydrogen) atoms. The number of hydrogen-bond donors (Lipinski definition) is 1. The highest BCUT2D eigenvalue weighted by Crippen LogP contribution is 2.30. The third-order valence-electron chi connectivity index (χ3n) is 2.41. The zero-order chi connectivity index (χ0) is 11.7. The fourth-order valence-electron chi connectivity index (χ4n) is 1.37. The van der Waals surface area contributed by atoms with E-state index in [1.807, 2.05) is 39.0 Å². The largest absolute Gasteiger partial charge is 0.431 e. The van der Waals surface area contributed by atoms with Gasteiger partial charge in [-0.1, -0.05) is 11.3 Å². The number of anilines is 1. The van der Waals surface area contributed by atoms with Crippen LogP contribution in [0, 0.1) is 20.8 Å². The van der Waals surface area contributed by atoms with Crippen LogP contribution in [0.1, 0.15) is 16.1 Å². The van der Waals surface area contributed by atoms with Crippen molar-refractivity contribution in [3.8, 4) is 10.9 Å². The van der Waals surface area contributed by atoms with Crippen molar-refractivity contribution in [3.63, 3.8) is 0 Å². The van der Waals surface area contributed by atoms with Crippen molar-refractivity contribution in [2.75, 3.05) is 5.73 Å². The second-order valence-corrected chi connectivity index (χ2v) is 4.91. The average Bonchev–Trinajstić information content (AvgIpc) is 2.51. The highest BCUT2D eigenvalue weighted by Gasteiger charge is 2.07. The molecule has 0 saturated heterocycles. The molecule has 1 aromatic carbocycles. The Labute approximate surface area is 98.9 Å². The van der Waals surface area contributed by atoms with Gasteiger partial charge < -0.3 is 10.5 Å². The molecule has 0 spiro atoms. The molecule has 3 nitrogen and oxygen atoms in total. The molecule has 1 heterocycles. The van der Waals surface area contributed by atoms with Gasteiger partial charge in [0.15, 0.2) is 0 Å². The second kappa shape index (κ2) is 4.14. The van der Waals surface area contributed by atoms with Gasteiger partial charge in [0, 0.05) is 10.6 Å². The predicted molar refractivity (Wildman–Crippen MR) is 67.3 cm³/mol. The molecule has 0 fully saturated rings. The van der Waals surface area contributed by atoms with E-state index in [0.717, 1.165) is 22.7 Å². The van der Waals surface area contributed by atoms with E-state index in [1.54, 1.807) is 11.3 Å². The van der Waals surface area contributed by atoms with Crippen molar-refractivity contribution in [3.05, 3.63) is 34.3 Å². The lowest BCUT2D eigenvalue weighted by Gasteiger charge is -2.05. The van der Waals surface area contributed by atoms with Gasteiger partial charge in [-0.2, -0.15) is 0 Å². The molecule has 0 aliphatic rings. The highest BCUT2D eigenvalue weighted by atomic mass is 32.1. The van der Waals surface area contributed by atoms with Gasteiger partial charge in [0.05, 0.1) is 5.69 Å². The third kappa shape index (κ3) is 2.17. The molecule has 2 rings (SSSR count). The van der Waals surface area contributed by atoms with Gasteiger partial charge in [0.25, 0.3) is 5.19 Å². The zero-order valence-corrected chi connectivity index (χ0v) is 10.4. The highest BCUT2D eigenvalue weighted by molar-refractivity contribution is 7.13. The summed E-state index contributed by atoms with van der Waals surface area (Å²) in [5, 5.41) is 0.683. The summed E-state index contributed by atoms with van der Waals surface area (Å²) in [6.45, 7) is 5.99. The number of nitrogens with zero attached hydrogens (tertiary/aromatic N) is 1. The fraction of sp³-hybridized carbons (Fsp3) is 0.250. The monoisotopic (exact) mass is 234 g/mol. The molecule has 0 aliphatic carbocycles. The van der Waals surface area contributed by atoms with Crippen LogP contribution in [0.25, 0.3) is 0 Å². The van der Waals surface area contributed by atoms with E-state index in [2.05, 4.69) is 4.98 Å². The number of aromatic nitrogens is 1. The third-order valence-corrected chi connectivity index (χ3v) is 3.36. The Kier molecular flexibility index (Phi) is 2.83. The van der Waals surface area contributed by atoms with E-state index < -0.39 is 0 Å². The molecular formula is C12H14N2OS. The quantitative estimate of drug-likeness (QED) is 0.810. The number of nitrogen functional groups attached to an aromatic ring is 1. The minimum atomic E-state index is 0.683. The maximum Gasteiger partial charge on any atom is 0.279 e. The van der Waals surface area contributed by atoms with E-state index in [1.165, 1.54) is 4.88 Å². The number of benzene rings is 1. The van der Waals surface area contributed by atoms with E-state index >= 15 is 0 Å². The lowest BCUT2D eigenvalue weighted by Crippen LogP contribution is -1.90. The number of hydrogen-bond acceptors (Lipinski definition) is 4. The summed E-state index contributed by atoms with van der Waals surface area (Å²) in [5.41, 5.74) is 8.47. The lowest BCUT2D eigenvalue weighted by molar-refractivity contribution is 0.474. The molecule has 2 N–H and O–H groups in total. The van der Waals surface area contributed by atoms with Crippen molar-refractivity contribution in [2.24, 2.45) is 0 Å². The molecule has 4 heteroatoms. The minimum Gasteiger partial charge on any atom is -0.431 e. The summed E-state index contributed by atoms with van der Waals surface area (Å²) in [7, 11) is 0. The maximum absolute atomic E-state index is 5.72. The van der Waals surface area contributed by atoms with Crippen LogP contribution < -0.4 is 10.5 Å². The lowest BCUT2D eigenvalue weighted by atomic mass is 10.2. The van der Waals surface area contributed by atoms with Crippen LogP contribution in [0.3, 0.4) is 0 Å². The van der Waals surface area contributed by atoms with Crippen molar-refractivity contribution in [2.45, 2.75) is 20.8 Å². The van der Waals surface area contributed by atoms with Crippen LogP contribution in [0.5, 0.6) is 10.9 Å². The number of aryl methyl sites for hydroxylation is 3. The molecule has 0 unspecified atom stereocenters. The Bertz CT molecular complexity index is 500. The second-order valence-electron chi connectivity index (χ2n) is 3.75. The minimum absolute atomic E-state index is 0.683. The summed E-state index contributed by atoms with van der Waals surface area (Å²) < 4.78 is 5.72. The summed E-state index contributed by atoms with van der Waals surface area (Å²) in [6, 6.07) is 5.59. The SMILES string of the molecule is Cc1cc(N)ccc1Oc1nc(C)c(C)s1. The number of nitrogens with two attached hydrogens (primary N) is 1. The van der Waals surface area contributed by atoms with Gasteiger partial charge in [0.1, 0.15) is 5.75 Å². The normalized spacial score (nSPS) is 10.4. The van der Waals surface area contributed by atoms with Gasteiger partial charge in [-0.05, 0) is 44.5 Å². The van der Waals surface area contributed by atoms with Crippen LogP contribution >= 0.6 is 11.3 Å². The molecule has 1 aromatic heterocycles. The number of thiazole rings is 1. The van der Waals surface area contributed by atoms with E-state index in [4.69, 9.17) is 10.5 Å². The molecule has 0 saturated carbocycles. The number of rotatable bonds is 2. The Hall–Kier alpha value is -1.55. The maximum atomic E-state index is 5.72. The molecule has 84 valence electrons. The molecular weight excluding hydrogens is 220 g/mol. The van der Waals surface area contributed by atoms with Crippen LogP contribution in [0.4, 0.5) is 5.69 Å². The summed E-state index contributed by atoms with van der Waals surface area (Å²) >= 11 is 1.56. The van der Waals surface area contributed by atoms with Gasteiger partial charge in [-0.3, -0.25) is 0 Å². The first kappa shape index (κ1) is 11.0. The van der Waals surface area contributed by atoms with Gasteiger partial charge in [-0.15, -0.1) is 0 Å². The zero-order valence-electron chi connectivity index (χ0n) is 9.57. The van der Waals surface area contributed by atoms with Crippen LogP contribution in [-0.4, -0.2) is 4.98 Å². The van der Waals surface area contributed by atoms with Crippen molar-refractivity contribution < 1.29 is 4.74 Å². The topological polar surface area (TPSA) is 48.1 Å². The van der Waals surface area contributed by atoms with Gasteiger partial charge in [-0.25, -0.2) is 4.98 Å². The predicted octanol–water partition coefficient (Wildman–Crippen LogP) is 3.44. The summed E-state index contributed by atoms with van der Waals surface area (Å²) in [6.07, 6.45) is 0. The molecule has 0 amide bonds. The van der Waals surface area contributed by atoms with Crippen LogP contribution in [0.15, 0.2) is 18.2 Å². The first-order valence-electron chi connectivity index (χ1n) is 5.04. The van der Waals surface area contributed by atoms with Crippen LogP contribution in [0.2, 0.25) is 0 Å². The van der Waals surface area contributed by atoms with Gasteiger partial charge in [0.2, 0.25) is 0 Å². The summed E-state index contributed by atoms with van der Waals surface area (Å²) in [4.78, 5) is 5.52. The van der Waals surface area contributed by atoms with E-state index in [0.29, 0.717) is 5.19 Å². The van der Waals surface area contributed by atoms with Crippen LogP contribution in [-0.2, 0) is 0 Å².